The van der Waals surface area contributed by atoms with Gasteiger partial charge in [0.2, 0.25) is 0 Å². The number of benzene rings is 2. The minimum atomic E-state index is -0.360. The van der Waals surface area contributed by atoms with Gasteiger partial charge in [-0.1, -0.05) is 52.5 Å². The molecule has 3 nitrogen and oxygen atoms in total. The molecule has 110 valence electrons. The largest absolute Gasteiger partial charge is 0.484 e. The van der Waals surface area contributed by atoms with Crippen LogP contribution in [0.25, 0.3) is 0 Å². The average molecular weight is 345 g/mol. The number of nitrogens with one attached hydrogen (secondary N) is 1. The predicted molar refractivity (Wildman–Crippen MR) is 86.8 cm³/mol. The summed E-state index contributed by atoms with van der Waals surface area (Å²) in [5, 5.41) is 3.55. The van der Waals surface area contributed by atoms with Crippen molar-refractivity contribution in [2.75, 3.05) is 11.9 Å². The molecule has 0 heterocycles. The molecule has 0 spiro atoms. The van der Waals surface area contributed by atoms with E-state index in [2.05, 4.69) is 5.32 Å². The summed E-state index contributed by atoms with van der Waals surface area (Å²) in [7, 11) is 0. The molecule has 1 N–H and O–H groups in total. The van der Waals surface area contributed by atoms with E-state index in [9.17, 15) is 4.79 Å². The third-order valence-corrected chi connectivity index (χ3v) is 3.48. The normalized spacial score (nSPS) is 10.3. The Hall–Kier alpha value is -1.42. The summed E-state index contributed by atoms with van der Waals surface area (Å²) in [5.41, 5.74) is 1.44. The second-order valence-electron chi connectivity index (χ2n) is 4.39. The number of rotatable bonds is 4. The number of hydrogen-bond acceptors (Lipinski definition) is 2. The molecule has 1 amide bonds. The van der Waals surface area contributed by atoms with Crippen molar-refractivity contribution < 1.29 is 9.53 Å². The Bertz CT molecular complexity index is 633. The first-order valence-corrected chi connectivity index (χ1v) is 7.23. The Balaban J connectivity index is 1.97. The van der Waals surface area contributed by atoms with Gasteiger partial charge in [-0.05, 0) is 31.2 Å². The van der Waals surface area contributed by atoms with Crippen molar-refractivity contribution in [2.45, 2.75) is 6.92 Å². The standard InChI is InChI=1S/C15H12Cl3NO2/c1-9-2-4-11(5-3-9)21-8-14(20)19-15-12(17)6-10(16)7-13(15)18/h2-7H,8H2,1H3,(H,19,20). The van der Waals surface area contributed by atoms with E-state index < -0.39 is 0 Å². The van der Waals surface area contributed by atoms with E-state index in [4.69, 9.17) is 39.5 Å². The fraction of sp³-hybridized carbons (Fsp3) is 0.133. The van der Waals surface area contributed by atoms with Crippen LogP contribution in [0.2, 0.25) is 15.1 Å². The number of ether oxygens (including phenoxy) is 1. The fourth-order valence-corrected chi connectivity index (χ4v) is 2.53. The maximum absolute atomic E-state index is 11.9. The molecule has 2 aromatic rings. The maximum atomic E-state index is 11.9. The van der Waals surface area contributed by atoms with Crippen LogP contribution in [-0.2, 0) is 4.79 Å². The highest BCUT2D eigenvalue weighted by molar-refractivity contribution is 6.42. The van der Waals surface area contributed by atoms with E-state index >= 15 is 0 Å². The second kappa shape index (κ2) is 7.03. The van der Waals surface area contributed by atoms with Gasteiger partial charge < -0.3 is 10.1 Å². The molecule has 0 aliphatic heterocycles. The van der Waals surface area contributed by atoms with E-state index in [1.54, 1.807) is 12.1 Å². The first-order valence-electron chi connectivity index (χ1n) is 6.09. The third-order valence-electron chi connectivity index (χ3n) is 2.66. The van der Waals surface area contributed by atoms with E-state index in [0.29, 0.717) is 16.5 Å². The SMILES string of the molecule is Cc1ccc(OCC(=O)Nc2c(Cl)cc(Cl)cc2Cl)cc1. The van der Waals surface area contributed by atoms with Gasteiger partial charge in [0.1, 0.15) is 5.75 Å². The Morgan fingerprint density at radius 1 is 1.10 bits per heavy atom. The quantitative estimate of drug-likeness (QED) is 0.850. The molecule has 0 aliphatic rings. The lowest BCUT2D eigenvalue weighted by molar-refractivity contribution is -0.118. The van der Waals surface area contributed by atoms with Crippen LogP contribution in [0.4, 0.5) is 5.69 Å². The van der Waals surface area contributed by atoms with Gasteiger partial charge in [-0.15, -0.1) is 0 Å². The van der Waals surface area contributed by atoms with E-state index in [0.717, 1.165) is 5.56 Å². The van der Waals surface area contributed by atoms with Crippen LogP contribution >= 0.6 is 34.8 Å². The zero-order valence-electron chi connectivity index (χ0n) is 11.1. The molecular formula is C15H12Cl3NO2. The van der Waals surface area contributed by atoms with Crippen LogP contribution in [-0.4, -0.2) is 12.5 Å². The molecule has 6 heteroatoms. The van der Waals surface area contributed by atoms with Gasteiger partial charge in [0.25, 0.3) is 5.91 Å². The highest BCUT2D eigenvalue weighted by atomic mass is 35.5. The van der Waals surface area contributed by atoms with Crippen molar-refractivity contribution in [3.63, 3.8) is 0 Å². The van der Waals surface area contributed by atoms with Gasteiger partial charge >= 0.3 is 0 Å². The van der Waals surface area contributed by atoms with Crippen molar-refractivity contribution >= 4 is 46.4 Å². The summed E-state index contributed by atoms with van der Waals surface area (Å²) in [6, 6.07) is 10.4. The molecule has 0 unspecified atom stereocenters. The summed E-state index contributed by atoms with van der Waals surface area (Å²) in [5.74, 6) is 0.255. The van der Waals surface area contributed by atoms with Crippen LogP contribution in [0.15, 0.2) is 36.4 Å². The average Bonchev–Trinajstić information content (AvgIpc) is 2.42. The van der Waals surface area contributed by atoms with Gasteiger partial charge in [-0.25, -0.2) is 0 Å². The van der Waals surface area contributed by atoms with E-state index in [-0.39, 0.29) is 22.6 Å². The molecule has 0 atom stereocenters. The molecule has 0 radical (unpaired) electrons. The lowest BCUT2D eigenvalue weighted by atomic mass is 10.2. The lowest BCUT2D eigenvalue weighted by Gasteiger charge is -2.11. The fourth-order valence-electron chi connectivity index (χ4n) is 1.62. The number of halogens is 3. The van der Waals surface area contributed by atoms with Crippen molar-refractivity contribution in [2.24, 2.45) is 0 Å². The summed E-state index contributed by atoms with van der Waals surface area (Å²) in [6.45, 7) is 1.83. The Morgan fingerprint density at radius 3 is 2.24 bits per heavy atom. The van der Waals surface area contributed by atoms with Gasteiger partial charge in [0.05, 0.1) is 15.7 Å². The Kier molecular flexibility index (Phi) is 5.34. The third kappa shape index (κ3) is 4.53. The summed E-state index contributed by atoms with van der Waals surface area (Å²) >= 11 is 17.8. The minimum Gasteiger partial charge on any atom is -0.484 e. The van der Waals surface area contributed by atoms with Crippen molar-refractivity contribution in [3.8, 4) is 5.75 Å². The van der Waals surface area contributed by atoms with E-state index in [1.807, 2.05) is 19.1 Å². The molecular weight excluding hydrogens is 333 g/mol. The topological polar surface area (TPSA) is 38.3 Å². The molecule has 2 rings (SSSR count). The number of amides is 1. The summed E-state index contributed by atoms with van der Waals surface area (Å²) in [4.78, 5) is 11.9. The molecule has 0 aliphatic carbocycles. The molecule has 0 fully saturated rings. The molecule has 21 heavy (non-hydrogen) atoms. The number of aryl methyl sites for hydroxylation is 1. The lowest BCUT2D eigenvalue weighted by Crippen LogP contribution is -2.20. The van der Waals surface area contributed by atoms with Crippen molar-refractivity contribution in [3.05, 3.63) is 57.0 Å². The van der Waals surface area contributed by atoms with Crippen LogP contribution in [0.3, 0.4) is 0 Å². The maximum Gasteiger partial charge on any atom is 0.262 e. The smallest absolute Gasteiger partial charge is 0.262 e. The Labute approximate surface area is 137 Å². The number of hydrogen-bond donors (Lipinski definition) is 1. The highest BCUT2D eigenvalue weighted by Gasteiger charge is 2.11. The molecule has 2 aromatic carbocycles. The van der Waals surface area contributed by atoms with Gasteiger partial charge in [-0.3, -0.25) is 4.79 Å². The number of carbonyl (C=O) groups is 1. The van der Waals surface area contributed by atoms with Gasteiger partial charge in [0, 0.05) is 5.02 Å². The molecule has 0 saturated heterocycles. The highest BCUT2D eigenvalue weighted by Crippen LogP contribution is 2.33. The minimum absolute atomic E-state index is 0.141. The zero-order chi connectivity index (χ0) is 15.4. The first-order chi connectivity index (χ1) is 9.95. The van der Waals surface area contributed by atoms with Crippen LogP contribution in [0.5, 0.6) is 5.75 Å². The van der Waals surface area contributed by atoms with Crippen LogP contribution in [0, 0.1) is 6.92 Å². The molecule has 0 aromatic heterocycles. The number of carbonyl (C=O) groups excluding carboxylic acids is 1. The predicted octanol–water partition coefficient (Wildman–Crippen LogP) is 4.97. The Morgan fingerprint density at radius 2 is 1.67 bits per heavy atom. The van der Waals surface area contributed by atoms with Crippen LogP contribution < -0.4 is 10.1 Å². The summed E-state index contributed by atoms with van der Waals surface area (Å²) < 4.78 is 5.37. The van der Waals surface area contributed by atoms with Crippen molar-refractivity contribution in [1.82, 2.24) is 0 Å². The number of anilines is 1. The van der Waals surface area contributed by atoms with Gasteiger partial charge in [0.15, 0.2) is 6.61 Å². The monoisotopic (exact) mass is 343 g/mol. The zero-order valence-corrected chi connectivity index (χ0v) is 13.4. The second-order valence-corrected chi connectivity index (χ2v) is 5.65. The van der Waals surface area contributed by atoms with E-state index in [1.165, 1.54) is 12.1 Å². The molecule has 0 bridgehead atoms. The molecule has 0 saturated carbocycles. The summed E-state index contributed by atoms with van der Waals surface area (Å²) in [6.07, 6.45) is 0. The first kappa shape index (κ1) is 16.0. The van der Waals surface area contributed by atoms with Crippen LogP contribution in [0.1, 0.15) is 5.56 Å². The van der Waals surface area contributed by atoms with Gasteiger partial charge in [-0.2, -0.15) is 0 Å². The van der Waals surface area contributed by atoms with Crippen molar-refractivity contribution in [1.29, 1.82) is 0 Å².